The maximum atomic E-state index is 13.9. The molecule has 7 nitrogen and oxygen atoms in total. The molecule has 3 saturated heterocycles. The van der Waals surface area contributed by atoms with Crippen molar-refractivity contribution in [2.45, 2.75) is 38.9 Å². The summed E-state index contributed by atoms with van der Waals surface area (Å²) in [7, 11) is 0. The van der Waals surface area contributed by atoms with Crippen molar-refractivity contribution in [3.05, 3.63) is 47.4 Å². The van der Waals surface area contributed by atoms with Gasteiger partial charge in [0.15, 0.2) is 0 Å². The summed E-state index contributed by atoms with van der Waals surface area (Å²) in [4.78, 5) is 17.7. The van der Waals surface area contributed by atoms with E-state index in [1.807, 2.05) is 11.4 Å². The molecular weight excluding hydrogens is 333 g/mol. The van der Waals surface area contributed by atoms with Crippen molar-refractivity contribution in [3.8, 4) is 0 Å². The quantitative estimate of drug-likeness (QED) is 0.715. The van der Waals surface area contributed by atoms with Gasteiger partial charge >= 0.3 is 0 Å². The highest BCUT2D eigenvalue weighted by atomic mass is 19.1. The number of pyridine rings is 1. The molecule has 0 aliphatic carbocycles. The zero-order chi connectivity index (χ0) is 17.8. The van der Waals surface area contributed by atoms with E-state index in [-0.39, 0.29) is 5.82 Å². The lowest BCUT2D eigenvalue weighted by atomic mass is 9.86. The Kier molecular flexibility index (Phi) is 3.43. The summed E-state index contributed by atoms with van der Waals surface area (Å²) in [6.07, 6.45) is 4.36. The summed E-state index contributed by atoms with van der Waals surface area (Å²) in [5.74, 6) is 1.50. The van der Waals surface area contributed by atoms with E-state index in [0.29, 0.717) is 30.1 Å². The molecule has 6 rings (SSSR count). The molecule has 3 aliphatic heterocycles. The molecule has 0 N–H and O–H groups in total. The summed E-state index contributed by atoms with van der Waals surface area (Å²) in [6.45, 7) is 6.45. The van der Waals surface area contributed by atoms with Crippen LogP contribution in [0.4, 0.5) is 10.2 Å². The van der Waals surface area contributed by atoms with Crippen molar-refractivity contribution in [3.63, 3.8) is 0 Å². The molecule has 2 bridgehead atoms. The molecular formula is C18H20FN7. The second kappa shape index (κ2) is 5.70. The Hall–Kier alpha value is -2.61. The predicted octanol–water partition coefficient (Wildman–Crippen LogP) is 1.74. The summed E-state index contributed by atoms with van der Waals surface area (Å²) in [6, 6.07) is 3.90. The van der Waals surface area contributed by atoms with Crippen LogP contribution in [-0.2, 0) is 6.54 Å². The second-order valence-electron chi connectivity index (χ2n) is 7.19. The van der Waals surface area contributed by atoms with Gasteiger partial charge < -0.3 is 4.90 Å². The van der Waals surface area contributed by atoms with Crippen LogP contribution < -0.4 is 4.90 Å². The van der Waals surface area contributed by atoms with Crippen LogP contribution in [0, 0.1) is 19.7 Å². The standard InChI is InChI=1S/C18H20FN7/c1-11-12(2)23-18-21-10-22-26(18)17(11)25-13-6-14(25)8-24(7-13)9-16-15(19)4-3-5-20-16/h3-5,10,13-14H,6-9H2,1-2H3. The average molecular weight is 353 g/mol. The molecule has 2 unspecified atom stereocenters. The lowest BCUT2D eigenvalue weighted by Gasteiger charge is -2.57. The minimum atomic E-state index is -0.228. The molecule has 3 aromatic heterocycles. The smallest absolute Gasteiger partial charge is 0.254 e. The SMILES string of the molecule is Cc1nc2ncnn2c(N2C3CC2CN(Cc2ncccc2F)C3)c1C. The predicted molar refractivity (Wildman–Crippen MR) is 94.4 cm³/mol. The monoisotopic (exact) mass is 353 g/mol. The normalized spacial score (nSPS) is 22.7. The summed E-state index contributed by atoms with van der Waals surface area (Å²) >= 11 is 0. The maximum absolute atomic E-state index is 13.9. The van der Waals surface area contributed by atoms with Gasteiger partial charge in [0.25, 0.3) is 5.78 Å². The molecule has 8 heteroatoms. The molecule has 3 aliphatic rings. The summed E-state index contributed by atoms with van der Waals surface area (Å²) in [5, 5.41) is 4.38. The maximum Gasteiger partial charge on any atom is 0.254 e. The first kappa shape index (κ1) is 15.6. The van der Waals surface area contributed by atoms with Crippen LogP contribution in [0.5, 0.6) is 0 Å². The molecule has 26 heavy (non-hydrogen) atoms. The van der Waals surface area contributed by atoms with Gasteiger partial charge in [0.2, 0.25) is 0 Å². The van der Waals surface area contributed by atoms with Crippen molar-refractivity contribution < 1.29 is 4.39 Å². The van der Waals surface area contributed by atoms with E-state index < -0.39 is 0 Å². The lowest BCUT2D eigenvalue weighted by molar-refractivity contribution is 0.105. The molecule has 0 spiro atoms. The highest BCUT2D eigenvalue weighted by molar-refractivity contribution is 5.58. The third-order valence-corrected chi connectivity index (χ3v) is 5.60. The molecule has 0 amide bonds. The average Bonchev–Trinajstić information content (AvgIpc) is 3.08. The topological polar surface area (TPSA) is 62.5 Å². The molecule has 134 valence electrons. The van der Waals surface area contributed by atoms with Gasteiger partial charge in [0, 0.05) is 49.2 Å². The van der Waals surface area contributed by atoms with Crippen molar-refractivity contribution in [1.29, 1.82) is 0 Å². The van der Waals surface area contributed by atoms with Crippen molar-refractivity contribution in [2.24, 2.45) is 0 Å². The van der Waals surface area contributed by atoms with Gasteiger partial charge in [-0.15, -0.1) is 0 Å². The fourth-order valence-corrected chi connectivity index (χ4v) is 4.24. The molecule has 6 heterocycles. The first-order valence-corrected chi connectivity index (χ1v) is 8.89. The van der Waals surface area contributed by atoms with Crippen LogP contribution in [0.1, 0.15) is 23.4 Å². The Bertz CT molecular complexity index is 973. The van der Waals surface area contributed by atoms with Crippen LogP contribution in [0.3, 0.4) is 0 Å². The number of rotatable bonds is 3. The number of aromatic nitrogens is 5. The van der Waals surface area contributed by atoms with Crippen LogP contribution in [0.25, 0.3) is 5.78 Å². The number of nitrogens with zero attached hydrogens (tertiary/aromatic N) is 7. The highest BCUT2D eigenvalue weighted by Crippen LogP contribution is 2.39. The van der Waals surface area contributed by atoms with Gasteiger partial charge in [0.1, 0.15) is 18.0 Å². The Morgan fingerprint density at radius 1 is 1.19 bits per heavy atom. The molecule has 0 saturated carbocycles. The van der Waals surface area contributed by atoms with Crippen LogP contribution in [0.2, 0.25) is 0 Å². The Labute approximate surface area is 150 Å². The number of piperidine rings is 1. The Morgan fingerprint density at radius 3 is 2.77 bits per heavy atom. The van der Waals surface area contributed by atoms with Crippen molar-refractivity contribution in [2.75, 3.05) is 18.0 Å². The van der Waals surface area contributed by atoms with Crippen molar-refractivity contribution >= 4 is 11.6 Å². The zero-order valence-corrected chi connectivity index (χ0v) is 14.8. The number of piperazine rings is 1. The second-order valence-corrected chi connectivity index (χ2v) is 7.19. The van der Waals surface area contributed by atoms with Crippen LogP contribution in [-0.4, -0.2) is 54.6 Å². The van der Waals surface area contributed by atoms with Gasteiger partial charge in [-0.2, -0.15) is 14.6 Å². The minimum Gasteiger partial charge on any atom is -0.347 e. The van der Waals surface area contributed by atoms with Gasteiger partial charge in [-0.25, -0.2) is 9.37 Å². The van der Waals surface area contributed by atoms with Gasteiger partial charge in [-0.3, -0.25) is 9.88 Å². The molecule has 0 aromatic carbocycles. The summed E-state index contributed by atoms with van der Waals surface area (Å²) in [5.41, 5.74) is 2.65. The van der Waals surface area contributed by atoms with E-state index in [4.69, 9.17) is 0 Å². The fourth-order valence-electron chi connectivity index (χ4n) is 4.24. The molecule has 3 aromatic rings. The number of fused-ring (bicyclic) bond motifs is 3. The van der Waals surface area contributed by atoms with Gasteiger partial charge in [-0.1, -0.05) is 0 Å². The first-order valence-electron chi connectivity index (χ1n) is 8.89. The number of halogens is 1. The highest BCUT2D eigenvalue weighted by Gasteiger charge is 2.46. The molecule has 2 atom stereocenters. The molecule has 3 fully saturated rings. The van der Waals surface area contributed by atoms with E-state index in [9.17, 15) is 4.39 Å². The number of aryl methyl sites for hydroxylation is 1. The van der Waals surface area contributed by atoms with E-state index in [1.54, 1.807) is 18.6 Å². The van der Waals surface area contributed by atoms with Crippen molar-refractivity contribution in [1.82, 2.24) is 29.5 Å². The lowest BCUT2D eigenvalue weighted by Crippen LogP contribution is -2.69. The van der Waals surface area contributed by atoms with E-state index in [0.717, 1.165) is 36.6 Å². The Balaban J connectivity index is 1.41. The zero-order valence-electron chi connectivity index (χ0n) is 14.8. The first-order chi connectivity index (χ1) is 12.6. The molecule has 0 radical (unpaired) electrons. The third-order valence-electron chi connectivity index (χ3n) is 5.60. The van der Waals surface area contributed by atoms with Crippen LogP contribution in [0.15, 0.2) is 24.7 Å². The van der Waals surface area contributed by atoms with E-state index in [2.05, 4.69) is 36.8 Å². The van der Waals surface area contributed by atoms with Gasteiger partial charge in [-0.05, 0) is 32.4 Å². The number of hydrogen-bond donors (Lipinski definition) is 0. The third kappa shape index (κ3) is 2.28. The fraction of sp³-hybridized carbons (Fsp3) is 0.444. The Morgan fingerprint density at radius 2 is 2.00 bits per heavy atom. The van der Waals surface area contributed by atoms with Gasteiger partial charge in [0.05, 0.1) is 5.69 Å². The van der Waals surface area contributed by atoms with E-state index in [1.165, 1.54) is 6.07 Å². The largest absolute Gasteiger partial charge is 0.347 e. The van der Waals surface area contributed by atoms with E-state index >= 15 is 0 Å². The summed E-state index contributed by atoms with van der Waals surface area (Å²) < 4.78 is 15.7. The number of hydrogen-bond acceptors (Lipinski definition) is 6. The number of anilines is 1. The minimum absolute atomic E-state index is 0.228. The van der Waals surface area contributed by atoms with Crippen LogP contribution >= 0.6 is 0 Å².